The van der Waals surface area contributed by atoms with E-state index in [1.807, 2.05) is 179 Å². The van der Waals surface area contributed by atoms with Gasteiger partial charge in [0.25, 0.3) is 0 Å². The van der Waals surface area contributed by atoms with Crippen molar-refractivity contribution >= 4 is 99.3 Å². The van der Waals surface area contributed by atoms with Crippen LogP contribution in [0.2, 0.25) is 0 Å². The predicted octanol–water partition coefficient (Wildman–Crippen LogP) is 43.6. The van der Waals surface area contributed by atoms with E-state index in [0.717, 1.165) is 39.7 Å². The third kappa shape index (κ3) is 22.0. The lowest BCUT2D eigenvalue weighted by atomic mass is 9.55. The van der Waals surface area contributed by atoms with Gasteiger partial charge >= 0.3 is 0 Å². The molecule has 752 valence electrons. The highest BCUT2D eigenvalue weighted by Crippen LogP contribution is 2.63. The van der Waals surface area contributed by atoms with E-state index in [1.54, 1.807) is 0 Å². The van der Waals surface area contributed by atoms with Crippen LogP contribution in [0.1, 0.15) is 180 Å². The minimum atomic E-state index is -0.180. The second-order valence-electron chi connectivity index (χ2n) is 37.3. The summed E-state index contributed by atoms with van der Waals surface area (Å²) in [6.07, 6.45) is 0. The first-order valence-corrected chi connectivity index (χ1v) is 55.3. The molecule has 0 saturated carbocycles. The Morgan fingerprint density at radius 1 is 0.213 bits per heavy atom. The standard InChI is InChI=1S/C25H16.C19H15NO.C19H15NS.C18H20.C15H14.C12H8O.C12H8S.C12H10.6C2H6/c1-5-13-21-17(9-1)18-10-2-6-14-22(18)25(21)23-15-7-3-11-19(23)20-12-4-8-16-24(20)25;2*1-14-11-12-17-19(13-14)21-18-10-6-5-9-16(18)20(17)15-7-3-2-4-8-15;1-17(2)15-11-7-5-9-13(15)14-10-6-8-12-16(14)18(17,3)4;1-15(2)13-9-5-3-7-11(13)12-8-4-6-10-14(12)15;2*1-3-7-11-9(5-1)10-6-2-4-8-12(10)13-11;1-3-7-11(8-4-1)12-9-5-2-6-10-12;6*1-2/h1-16H;2*2-13H,1H3;5-12H,1-4H3;3-10H,1-2H3;2*1-8H;1-10H;6*1-2H3. The lowest BCUT2D eigenvalue weighted by molar-refractivity contribution is 0.299. The Hall–Kier alpha value is -15.8. The summed E-state index contributed by atoms with van der Waals surface area (Å²) < 4.78 is 14.5. The molecule has 0 atom stereocenters. The molecular weight excluding hydrogens is 1850 g/mol. The van der Waals surface area contributed by atoms with Crippen LogP contribution in [0.15, 0.2) is 512 Å². The van der Waals surface area contributed by atoms with Gasteiger partial charge in [0.15, 0.2) is 11.5 Å². The number of thiophene rings is 1. The molecule has 2 aliphatic heterocycles. The number of benzene rings is 20. The number of hydrogen-bond donors (Lipinski definition) is 0. The van der Waals surface area contributed by atoms with Gasteiger partial charge in [-0.15, -0.1) is 11.3 Å². The van der Waals surface area contributed by atoms with Crippen molar-refractivity contribution in [1.29, 1.82) is 0 Å². The topological polar surface area (TPSA) is 28.9 Å². The lowest BCUT2D eigenvalue weighted by Gasteiger charge is -2.48. The fraction of sp³-hybridized carbons (Fsp3) is 0.167. The van der Waals surface area contributed by atoms with Gasteiger partial charge in [0.1, 0.15) is 11.2 Å². The minimum absolute atomic E-state index is 0.151. The highest BCUT2D eigenvalue weighted by molar-refractivity contribution is 7.99. The average molecular weight is 2000 g/mol. The molecule has 4 nitrogen and oxygen atoms in total. The van der Waals surface area contributed by atoms with E-state index in [-0.39, 0.29) is 21.7 Å². The number of rotatable bonds is 3. The van der Waals surface area contributed by atoms with Crippen LogP contribution < -0.4 is 14.5 Å². The molecule has 2 aromatic heterocycles. The first kappa shape index (κ1) is 108. The molecule has 20 aromatic carbocycles. The van der Waals surface area contributed by atoms with Gasteiger partial charge in [-0.25, -0.2) is 0 Å². The number of fused-ring (bicyclic) bond motifs is 26. The van der Waals surface area contributed by atoms with Crippen molar-refractivity contribution in [2.45, 2.75) is 170 Å². The predicted molar refractivity (Wildman–Crippen MR) is 654 cm³/mol. The molecule has 22 aromatic rings. The van der Waals surface area contributed by atoms with E-state index in [4.69, 9.17) is 9.15 Å². The summed E-state index contributed by atoms with van der Waals surface area (Å²) in [6.45, 7) is 42.3. The molecule has 4 aliphatic carbocycles. The summed E-state index contributed by atoms with van der Waals surface area (Å²) in [4.78, 5) is 7.21. The van der Waals surface area contributed by atoms with Crippen molar-refractivity contribution in [1.82, 2.24) is 0 Å². The number of para-hydroxylation sites is 7. The Labute approximate surface area is 901 Å². The van der Waals surface area contributed by atoms with Crippen molar-refractivity contribution < 1.29 is 9.15 Å². The zero-order chi connectivity index (χ0) is 106. The summed E-state index contributed by atoms with van der Waals surface area (Å²) in [6, 6.07) is 176. The van der Waals surface area contributed by atoms with Gasteiger partial charge in [-0.3, -0.25) is 0 Å². The third-order valence-corrected chi connectivity index (χ3v) is 30.6. The second kappa shape index (κ2) is 50.7. The molecule has 0 unspecified atom stereocenters. The van der Waals surface area contributed by atoms with Gasteiger partial charge in [-0.05, 0) is 233 Å². The number of aryl methyl sites for hydroxylation is 2. The van der Waals surface area contributed by atoms with Crippen LogP contribution >= 0.6 is 23.1 Å². The van der Waals surface area contributed by atoms with Gasteiger partial charge in [0, 0.05) is 57.5 Å². The quantitative estimate of drug-likeness (QED) is 0.176. The van der Waals surface area contributed by atoms with Crippen molar-refractivity contribution in [3.63, 3.8) is 0 Å². The van der Waals surface area contributed by atoms with Gasteiger partial charge in [0.2, 0.25) is 0 Å². The summed E-state index contributed by atoms with van der Waals surface area (Å²) >= 11 is 3.72. The molecule has 0 bridgehead atoms. The lowest BCUT2D eigenvalue weighted by Crippen LogP contribution is -2.43. The Balaban J connectivity index is 0.000000127. The second-order valence-corrected chi connectivity index (χ2v) is 39.5. The maximum Gasteiger partial charge on any atom is 0.151 e. The summed E-state index contributed by atoms with van der Waals surface area (Å²) in [5.41, 5.74) is 36.8. The van der Waals surface area contributed by atoms with Crippen LogP contribution in [0.3, 0.4) is 0 Å². The molecule has 4 heterocycles. The summed E-state index contributed by atoms with van der Waals surface area (Å²) in [5.74, 6) is 1.79. The van der Waals surface area contributed by atoms with Gasteiger partial charge in [-0.2, -0.15) is 0 Å². The maximum absolute atomic E-state index is 6.07. The third-order valence-electron chi connectivity index (χ3n) is 28.3. The van der Waals surface area contributed by atoms with Crippen LogP contribution in [0.5, 0.6) is 11.5 Å². The summed E-state index contributed by atoms with van der Waals surface area (Å²) in [5, 5.41) is 5.14. The molecule has 150 heavy (non-hydrogen) atoms. The SMILES string of the molecule is CC.CC.CC.CC.CC.CC.CC1(C)c2ccccc2-c2ccccc21.CC1(C)c2ccccc2-c2ccccc2C1(C)C.Cc1ccc2c(c1)Oc1ccccc1N2c1ccccc1.Cc1ccc2c(c1)Sc1ccccc1N2c1ccccc1.c1ccc(-c2ccccc2)cc1.c1ccc2c(c1)-c1ccccc1C21c2ccccc2-c2ccccc21.c1ccc2c(c1)oc1ccccc12.c1ccc2c(c1)sc1ccccc12. The van der Waals surface area contributed by atoms with Crippen LogP contribution in [0, 0.1) is 13.8 Å². The number of hydrogen-bond acceptors (Lipinski definition) is 6. The minimum Gasteiger partial charge on any atom is -0.456 e. The van der Waals surface area contributed by atoms with Crippen LogP contribution in [0.25, 0.3) is 97.7 Å². The molecule has 6 aliphatic rings. The molecule has 0 fully saturated rings. The van der Waals surface area contributed by atoms with Crippen LogP contribution in [-0.2, 0) is 21.7 Å². The van der Waals surface area contributed by atoms with E-state index in [9.17, 15) is 0 Å². The largest absolute Gasteiger partial charge is 0.456 e. The van der Waals surface area contributed by atoms with Crippen molar-refractivity contribution in [2.75, 3.05) is 9.80 Å². The monoisotopic (exact) mass is 2000 g/mol. The van der Waals surface area contributed by atoms with Gasteiger partial charge in [0.05, 0.1) is 28.2 Å². The first-order valence-electron chi connectivity index (χ1n) is 53.7. The Morgan fingerprint density at radius 2 is 0.487 bits per heavy atom. The smallest absolute Gasteiger partial charge is 0.151 e. The average Bonchev–Trinajstić information content (AvgIpc) is 1.51. The number of anilines is 6. The van der Waals surface area contributed by atoms with Crippen LogP contribution in [0.4, 0.5) is 34.1 Å². The van der Waals surface area contributed by atoms with E-state index in [2.05, 4.69) is 490 Å². The molecule has 0 saturated heterocycles. The maximum atomic E-state index is 6.07. The zero-order valence-electron chi connectivity index (χ0n) is 90.9. The van der Waals surface area contributed by atoms with E-state index >= 15 is 0 Å². The fourth-order valence-corrected chi connectivity index (χ4v) is 23.2. The molecule has 0 amide bonds. The van der Waals surface area contributed by atoms with Gasteiger partial charge < -0.3 is 19.0 Å². The molecule has 28 rings (SSSR count). The molecule has 0 radical (unpaired) electrons. The highest BCUT2D eigenvalue weighted by Gasteiger charge is 2.52. The molecule has 1 spiro atoms. The molecular formula is C144H142N2O2S2. The Morgan fingerprint density at radius 3 is 0.893 bits per heavy atom. The molecule has 6 heteroatoms. The van der Waals surface area contributed by atoms with E-state index in [0.29, 0.717) is 0 Å². The van der Waals surface area contributed by atoms with Crippen molar-refractivity contribution in [3.8, 4) is 67.1 Å². The Bertz CT molecular complexity index is 7500. The number of ether oxygens (including phenoxy) is 1. The number of furan rings is 1. The first-order chi connectivity index (χ1) is 73.6. The summed E-state index contributed by atoms with van der Waals surface area (Å²) in [7, 11) is 0. The Kier molecular flexibility index (Phi) is 36.6. The zero-order valence-corrected chi connectivity index (χ0v) is 92.5. The van der Waals surface area contributed by atoms with Crippen molar-refractivity contribution in [3.05, 3.63) is 553 Å². The van der Waals surface area contributed by atoms with E-state index in [1.165, 1.54) is 169 Å². The highest BCUT2D eigenvalue weighted by atomic mass is 32.2. The molecule has 0 N–H and O–H groups in total. The number of nitrogens with zero attached hydrogens (tertiary/aromatic N) is 2. The normalized spacial score (nSPS) is 12.7. The van der Waals surface area contributed by atoms with Crippen LogP contribution in [-0.4, -0.2) is 0 Å². The van der Waals surface area contributed by atoms with Crippen molar-refractivity contribution in [2.24, 2.45) is 0 Å². The van der Waals surface area contributed by atoms with Gasteiger partial charge in [-0.1, -0.05) is 537 Å². The fourth-order valence-electron chi connectivity index (χ4n) is 21.0. The van der Waals surface area contributed by atoms with E-state index < -0.39 is 0 Å².